The second kappa shape index (κ2) is 4.87. The Hall–Kier alpha value is -2.26. The maximum atomic E-state index is 12.3. The summed E-state index contributed by atoms with van der Waals surface area (Å²) < 4.78 is 5.22. The van der Waals surface area contributed by atoms with Gasteiger partial charge in [-0.05, 0) is 18.2 Å². The van der Waals surface area contributed by atoms with Crippen LogP contribution in [0.3, 0.4) is 0 Å². The molecule has 3 heterocycles. The molecule has 9 heteroatoms. The van der Waals surface area contributed by atoms with Crippen molar-refractivity contribution in [2.75, 3.05) is 0 Å². The Morgan fingerprint density at radius 1 is 1.35 bits per heavy atom. The topological polar surface area (TPSA) is 120 Å². The third-order valence-electron chi connectivity index (χ3n) is 3.90. The van der Waals surface area contributed by atoms with Gasteiger partial charge >= 0.3 is 10.8 Å². The number of phenolic OH excluding ortho intramolecular Hbond substituents is 1. The van der Waals surface area contributed by atoms with E-state index in [2.05, 4.69) is 4.98 Å². The number of aromatic nitrogens is 1. The number of hydrogen-bond acceptors (Lipinski definition) is 8. The summed E-state index contributed by atoms with van der Waals surface area (Å²) in [6.07, 6.45) is 0. The van der Waals surface area contributed by atoms with Gasteiger partial charge in [0.2, 0.25) is 0 Å². The minimum Gasteiger partial charge on any atom is -0.549 e. The molecular formula is C14H8NO6S2-. The molecule has 3 atom stereocenters. The lowest BCUT2D eigenvalue weighted by Gasteiger charge is -2.39. The maximum absolute atomic E-state index is 12.3. The predicted molar refractivity (Wildman–Crippen MR) is 78.7 cm³/mol. The number of aromatic amines is 1. The second-order valence-electron chi connectivity index (χ2n) is 5.21. The van der Waals surface area contributed by atoms with Crippen LogP contribution >= 0.6 is 23.1 Å². The van der Waals surface area contributed by atoms with Crippen LogP contribution in [-0.2, 0) is 9.59 Å². The van der Waals surface area contributed by atoms with Crippen molar-refractivity contribution in [3.8, 4) is 11.5 Å². The summed E-state index contributed by atoms with van der Waals surface area (Å²) in [5.74, 6) is -3.54. The number of ether oxygens (including phenoxy) is 1. The molecule has 2 aliphatic rings. The van der Waals surface area contributed by atoms with Gasteiger partial charge in [-0.15, -0.1) is 0 Å². The van der Waals surface area contributed by atoms with Crippen molar-refractivity contribution in [1.82, 2.24) is 4.98 Å². The average molecular weight is 350 g/mol. The highest BCUT2D eigenvalue weighted by molar-refractivity contribution is 8.00. The number of rotatable bonds is 1. The highest BCUT2D eigenvalue weighted by Gasteiger charge is 2.49. The summed E-state index contributed by atoms with van der Waals surface area (Å²) in [5.41, 5.74) is 0.484. The molecule has 2 N–H and O–H groups in total. The molecule has 0 radical (unpaired) electrons. The van der Waals surface area contributed by atoms with E-state index in [0.29, 0.717) is 15.5 Å². The monoisotopic (exact) mass is 350 g/mol. The summed E-state index contributed by atoms with van der Waals surface area (Å²) in [6, 6.07) is 4.25. The molecule has 0 fully saturated rings. The zero-order chi connectivity index (χ0) is 16.3. The fourth-order valence-corrected chi connectivity index (χ4v) is 5.38. The first kappa shape index (κ1) is 14.3. The molecule has 7 nitrogen and oxygen atoms in total. The normalized spacial score (nSPS) is 25.0. The Kier molecular flexibility index (Phi) is 3.03. The Bertz CT molecular complexity index is 901. The molecule has 0 unspecified atom stereocenters. The molecule has 4 rings (SSSR count). The number of carboxylic acid groups (broad SMARTS) is 1. The van der Waals surface area contributed by atoms with Crippen molar-refractivity contribution in [3.05, 3.63) is 38.3 Å². The lowest BCUT2D eigenvalue weighted by atomic mass is 9.80. The minimum absolute atomic E-state index is 0.0342. The number of fused-ring (bicyclic) bond motifs is 5. The van der Waals surface area contributed by atoms with Crippen molar-refractivity contribution >= 4 is 35.0 Å². The molecule has 2 aliphatic heterocycles. The minimum atomic E-state index is -1.40. The number of H-pyrrole nitrogens is 1. The molecule has 1 aromatic heterocycles. The number of benzene rings is 1. The largest absolute Gasteiger partial charge is 0.549 e. The molecule has 118 valence electrons. The Labute approximate surface area is 136 Å². The molecule has 0 spiro atoms. The summed E-state index contributed by atoms with van der Waals surface area (Å²) in [6.45, 7) is 0. The van der Waals surface area contributed by atoms with Crippen LogP contribution in [0.5, 0.6) is 11.5 Å². The van der Waals surface area contributed by atoms with E-state index in [1.807, 2.05) is 0 Å². The summed E-state index contributed by atoms with van der Waals surface area (Å²) in [5, 5.41) is 20.4. The highest BCUT2D eigenvalue weighted by Crippen LogP contribution is 2.53. The molecule has 23 heavy (non-hydrogen) atoms. The van der Waals surface area contributed by atoms with Crippen molar-refractivity contribution in [2.24, 2.45) is 5.92 Å². The lowest BCUT2D eigenvalue weighted by Crippen LogP contribution is -2.48. The van der Waals surface area contributed by atoms with E-state index in [1.54, 1.807) is 0 Å². The van der Waals surface area contributed by atoms with Crippen molar-refractivity contribution < 1.29 is 24.5 Å². The zero-order valence-electron chi connectivity index (χ0n) is 11.3. The first-order valence-electron chi connectivity index (χ1n) is 6.61. The summed E-state index contributed by atoms with van der Waals surface area (Å²) in [4.78, 5) is 38.3. The average Bonchev–Trinajstić information content (AvgIpc) is 2.86. The van der Waals surface area contributed by atoms with E-state index in [0.717, 1.165) is 23.1 Å². The first-order chi connectivity index (χ1) is 11.0. The summed E-state index contributed by atoms with van der Waals surface area (Å²) >= 11 is 1.81. The number of esters is 1. The predicted octanol–water partition coefficient (Wildman–Crippen LogP) is 0.0333. The third-order valence-corrected chi connectivity index (χ3v) is 6.29. The molecule has 2 aromatic rings. The lowest BCUT2D eigenvalue weighted by molar-refractivity contribution is -0.306. The molecule has 1 aromatic carbocycles. The number of carboxylic acids is 1. The number of nitrogens with one attached hydrogen (secondary N) is 1. The number of aromatic hydroxyl groups is 1. The van der Waals surface area contributed by atoms with Crippen LogP contribution in [0.25, 0.3) is 0 Å². The Morgan fingerprint density at radius 3 is 2.87 bits per heavy atom. The highest BCUT2D eigenvalue weighted by atomic mass is 32.2. The van der Waals surface area contributed by atoms with Gasteiger partial charge in [0.1, 0.15) is 11.5 Å². The Morgan fingerprint density at radius 2 is 2.13 bits per heavy atom. The van der Waals surface area contributed by atoms with Gasteiger partial charge in [0, 0.05) is 16.4 Å². The maximum Gasteiger partial charge on any atom is 0.316 e. The van der Waals surface area contributed by atoms with Crippen LogP contribution in [0.2, 0.25) is 0 Å². The van der Waals surface area contributed by atoms with Crippen LogP contribution in [0, 0.1) is 5.92 Å². The number of carbonyl (C=O) groups is 2. The first-order valence-corrected chi connectivity index (χ1v) is 8.30. The molecule has 0 amide bonds. The number of phenols is 1. The van der Waals surface area contributed by atoms with Gasteiger partial charge in [-0.2, -0.15) is 0 Å². The molecule has 0 saturated heterocycles. The van der Waals surface area contributed by atoms with Crippen molar-refractivity contribution in [1.29, 1.82) is 0 Å². The van der Waals surface area contributed by atoms with E-state index >= 15 is 0 Å². The number of aliphatic carboxylic acids is 1. The van der Waals surface area contributed by atoms with E-state index in [-0.39, 0.29) is 16.4 Å². The van der Waals surface area contributed by atoms with Gasteiger partial charge in [0.15, 0.2) is 0 Å². The smallest absolute Gasteiger partial charge is 0.316 e. The van der Waals surface area contributed by atoms with Crippen LogP contribution in [0.4, 0.5) is 0 Å². The number of thioether (sulfide) groups is 1. The van der Waals surface area contributed by atoms with Gasteiger partial charge in [0.25, 0.3) is 0 Å². The molecular weight excluding hydrogens is 342 g/mol. The number of carbonyl (C=O) groups excluding carboxylic acids is 2. The van der Waals surface area contributed by atoms with Crippen LogP contribution in [0.1, 0.15) is 16.4 Å². The molecule has 0 bridgehead atoms. The van der Waals surface area contributed by atoms with Crippen LogP contribution in [0.15, 0.2) is 28.0 Å². The van der Waals surface area contributed by atoms with E-state index in [9.17, 15) is 24.6 Å². The van der Waals surface area contributed by atoms with Gasteiger partial charge in [-0.25, -0.2) is 0 Å². The fourth-order valence-electron chi connectivity index (χ4n) is 2.99. The SMILES string of the molecule is O=C1Oc2ccc(O)cc2[C@H]2c3sc(=O)[nH]c3S[C@H](C(=O)[O-])[C@H]12. The summed E-state index contributed by atoms with van der Waals surface area (Å²) in [7, 11) is 0. The quantitative estimate of drug-likeness (QED) is 0.550. The third kappa shape index (κ3) is 2.07. The zero-order valence-corrected chi connectivity index (χ0v) is 12.9. The fraction of sp³-hybridized carbons (Fsp3) is 0.214. The van der Waals surface area contributed by atoms with Crippen LogP contribution < -0.4 is 14.7 Å². The van der Waals surface area contributed by atoms with Crippen molar-refractivity contribution in [3.63, 3.8) is 0 Å². The van der Waals surface area contributed by atoms with E-state index in [1.165, 1.54) is 18.2 Å². The van der Waals surface area contributed by atoms with Gasteiger partial charge < -0.3 is 24.7 Å². The van der Waals surface area contributed by atoms with Crippen LogP contribution in [-0.4, -0.2) is 27.3 Å². The van der Waals surface area contributed by atoms with Gasteiger partial charge in [-0.3, -0.25) is 9.59 Å². The molecule has 0 saturated carbocycles. The standard InChI is InChI=1S/C14H9NO6S2/c16-4-1-2-6-5(3-4)7-8(13(19)21-6)10(12(17)18)22-11-9(7)23-14(20)15-11/h1-3,7-8,10,16H,(H,15,20)(H,17,18)/p-1/t7-,8-,10+/m1/s1. The molecule has 0 aliphatic carbocycles. The van der Waals surface area contributed by atoms with Gasteiger partial charge in [0.05, 0.1) is 22.2 Å². The van der Waals surface area contributed by atoms with E-state index < -0.39 is 29.0 Å². The number of hydrogen-bond donors (Lipinski definition) is 2. The van der Waals surface area contributed by atoms with Crippen molar-refractivity contribution in [2.45, 2.75) is 16.2 Å². The second-order valence-corrected chi connectivity index (χ2v) is 7.38. The Balaban J connectivity index is 2.00. The van der Waals surface area contributed by atoms with Gasteiger partial charge in [-0.1, -0.05) is 23.1 Å². The number of thiazole rings is 1. The van der Waals surface area contributed by atoms with E-state index in [4.69, 9.17) is 4.74 Å².